The Morgan fingerprint density at radius 3 is 2.21 bits per heavy atom. The summed E-state index contributed by atoms with van der Waals surface area (Å²) in [6.07, 6.45) is -0.912. The van der Waals surface area contributed by atoms with Gasteiger partial charge in [-0.2, -0.15) is 0 Å². The van der Waals surface area contributed by atoms with E-state index in [4.69, 9.17) is 9.47 Å². The summed E-state index contributed by atoms with van der Waals surface area (Å²) < 4.78 is 11.0. The second-order valence-electron chi connectivity index (χ2n) is 6.70. The van der Waals surface area contributed by atoms with Gasteiger partial charge in [0.25, 0.3) is 5.91 Å². The lowest BCUT2D eigenvalue weighted by molar-refractivity contribution is -0.123. The number of hydrogen-bond acceptors (Lipinski definition) is 4. The van der Waals surface area contributed by atoms with Crippen molar-refractivity contribution in [2.45, 2.75) is 26.6 Å². The van der Waals surface area contributed by atoms with E-state index in [9.17, 15) is 9.59 Å². The van der Waals surface area contributed by atoms with Crippen molar-refractivity contribution in [1.82, 2.24) is 0 Å². The van der Waals surface area contributed by atoms with Crippen LogP contribution in [0.3, 0.4) is 0 Å². The highest BCUT2D eigenvalue weighted by Crippen LogP contribution is 2.14. The molecule has 0 spiro atoms. The van der Waals surface area contributed by atoms with Gasteiger partial charge in [-0.05, 0) is 55.8 Å². The number of anilines is 1. The number of nitrogens with one attached hydrogen (secondary N) is 1. The second-order valence-corrected chi connectivity index (χ2v) is 6.70. The van der Waals surface area contributed by atoms with Gasteiger partial charge in [-0.25, -0.2) is 4.79 Å². The molecule has 0 aromatic heterocycles. The number of esters is 1. The molecule has 5 heteroatoms. The maximum absolute atomic E-state index is 12.3. The van der Waals surface area contributed by atoms with Gasteiger partial charge in [-0.1, -0.05) is 48.0 Å². The van der Waals surface area contributed by atoms with E-state index in [-0.39, 0.29) is 5.91 Å². The summed E-state index contributed by atoms with van der Waals surface area (Å²) in [5.74, 6) is -0.147. The van der Waals surface area contributed by atoms with Crippen molar-refractivity contribution in [2.75, 3.05) is 5.32 Å². The fourth-order valence-electron chi connectivity index (χ4n) is 2.58. The molecule has 3 rings (SSSR count). The fourth-order valence-corrected chi connectivity index (χ4v) is 2.58. The molecule has 0 saturated heterocycles. The Labute approximate surface area is 170 Å². The largest absolute Gasteiger partial charge is 0.489 e. The van der Waals surface area contributed by atoms with Crippen LogP contribution in [0.5, 0.6) is 5.75 Å². The third kappa shape index (κ3) is 5.94. The molecule has 29 heavy (non-hydrogen) atoms. The highest BCUT2D eigenvalue weighted by molar-refractivity contribution is 5.97. The molecule has 0 aliphatic heterocycles. The molecule has 0 saturated carbocycles. The van der Waals surface area contributed by atoms with E-state index in [1.165, 1.54) is 0 Å². The molecular weight excluding hydrogens is 366 g/mol. The molecule has 0 bridgehead atoms. The minimum absolute atomic E-state index is 0.378. The van der Waals surface area contributed by atoms with Gasteiger partial charge in [-0.15, -0.1) is 0 Å². The number of carbonyl (C=O) groups excluding carboxylic acids is 2. The zero-order valence-electron chi connectivity index (χ0n) is 16.4. The van der Waals surface area contributed by atoms with Crippen LogP contribution in [-0.4, -0.2) is 18.0 Å². The van der Waals surface area contributed by atoms with Gasteiger partial charge in [-0.3, -0.25) is 4.79 Å². The summed E-state index contributed by atoms with van der Waals surface area (Å²) in [4.78, 5) is 24.5. The lowest BCUT2D eigenvalue weighted by atomic mass is 10.1. The average Bonchev–Trinajstić information content (AvgIpc) is 2.75. The second kappa shape index (κ2) is 9.55. The SMILES string of the molecule is Cc1ccc(NC(=O)[C@H](C)OC(=O)c2ccc(COc3ccccc3)cc2)cc1. The topological polar surface area (TPSA) is 64.6 Å². The standard InChI is InChI=1S/C24H23NO4/c1-17-8-14-21(15-9-17)25-23(26)18(2)29-24(27)20-12-10-19(11-13-20)16-28-22-6-4-3-5-7-22/h3-15,18H,16H2,1-2H3,(H,25,26)/t18-/m0/s1. The summed E-state index contributed by atoms with van der Waals surface area (Å²) >= 11 is 0. The van der Waals surface area contributed by atoms with Crippen LogP contribution in [-0.2, 0) is 16.1 Å². The third-order valence-corrected chi connectivity index (χ3v) is 4.31. The van der Waals surface area contributed by atoms with Crippen LogP contribution in [0.15, 0.2) is 78.9 Å². The van der Waals surface area contributed by atoms with Crippen molar-refractivity contribution in [1.29, 1.82) is 0 Å². The smallest absolute Gasteiger partial charge is 0.338 e. The molecule has 1 N–H and O–H groups in total. The van der Waals surface area contributed by atoms with Crippen LogP contribution < -0.4 is 10.1 Å². The Balaban J connectivity index is 1.51. The van der Waals surface area contributed by atoms with Gasteiger partial charge in [0.2, 0.25) is 0 Å². The van der Waals surface area contributed by atoms with E-state index in [1.54, 1.807) is 43.3 Å². The van der Waals surface area contributed by atoms with E-state index in [0.29, 0.717) is 17.9 Å². The number of carbonyl (C=O) groups is 2. The predicted octanol–water partition coefficient (Wildman–Crippen LogP) is 4.76. The molecule has 0 aliphatic rings. The number of aryl methyl sites for hydroxylation is 1. The molecule has 0 heterocycles. The van der Waals surface area contributed by atoms with Gasteiger partial charge in [0.15, 0.2) is 6.10 Å². The summed E-state index contributed by atoms with van der Waals surface area (Å²) in [5, 5.41) is 2.73. The van der Waals surface area contributed by atoms with Crippen molar-refractivity contribution < 1.29 is 19.1 Å². The van der Waals surface area contributed by atoms with Crippen molar-refractivity contribution in [3.63, 3.8) is 0 Å². The van der Waals surface area contributed by atoms with Gasteiger partial charge in [0.1, 0.15) is 12.4 Å². The Morgan fingerprint density at radius 1 is 0.897 bits per heavy atom. The van der Waals surface area contributed by atoms with Gasteiger partial charge < -0.3 is 14.8 Å². The van der Waals surface area contributed by atoms with E-state index < -0.39 is 12.1 Å². The molecule has 5 nitrogen and oxygen atoms in total. The minimum Gasteiger partial charge on any atom is -0.489 e. The zero-order valence-corrected chi connectivity index (χ0v) is 16.4. The summed E-state index contributed by atoms with van der Waals surface area (Å²) in [5.41, 5.74) is 3.06. The number of ether oxygens (including phenoxy) is 2. The Kier molecular flexibility index (Phi) is 6.63. The van der Waals surface area contributed by atoms with Gasteiger partial charge in [0.05, 0.1) is 5.56 Å². The first-order chi connectivity index (χ1) is 14.0. The molecule has 1 atom stereocenters. The molecule has 0 unspecified atom stereocenters. The van der Waals surface area contributed by atoms with Crippen LogP contribution in [0.2, 0.25) is 0 Å². The van der Waals surface area contributed by atoms with Crippen LogP contribution in [0.25, 0.3) is 0 Å². The molecule has 3 aromatic carbocycles. The molecule has 0 aliphatic carbocycles. The molecule has 3 aromatic rings. The van der Waals surface area contributed by atoms with E-state index in [1.807, 2.05) is 49.4 Å². The van der Waals surface area contributed by atoms with Crippen LogP contribution in [0.4, 0.5) is 5.69 Å². The minimum atomic E-state index is -0.912. The maximum atomic E-state index is 12.3. The monoisotopic (exact) mass is 389 g/mol. The van der Waals surface area contributed by atoms with Crippen LogP contribution in [0, 0.1) is 6.92 Å². The summed E-state index contributed by atoms with van der Waals surface area (Å²) in [7, 11) is 0. The summed E-state index contributed by atoms with van der Waals surface area (Å²) in [6.45, 7) is 3.91. The Hall–Kier alpha value is -3.60. The van der Waals surface area contributed by atoms with Crippen molar-refractivity contribution in [3.8, 4) is 5.75 Å². The highest BCUT2D eigenvalue weighted by atomic mass is 16.5. The Bertz CT molecular complexity index is 950. The average molecular weight is 389 g/mol. The zero-order chi connectivity index (χ0) is 20.6. The van der Waals surface area contributed by atoms with E-state index in [0.717, 1.165) is 16.9 Å². The third-order valence-electron chi connectivity index (χ3n) is 4.31. The van der Waals surface area contributed by atoms with Gasteiger partial charge in [0, 0.05) is 5.69 Å². The lowest BCUT2D eigenvalue weighted by Gasteiger charge is -2.14. The molecule has 0 radical (unpaired) electrons. The lowest BCUT2D eigenvalue weighted by Crippen LogP contribution is -2.30. The number of hydrogen-bond donors (Lipinski definition) is 1. The molecule has 1 amide bonds. The number of amides is 1. The Morgan fingerprint density at radius 2 is 1.55 bits per heavy atom. The molecule has 148 valence electrons. The van der Waals surface area contributed by atoms with E-state index in [2.05, 4.69) is 5.32 Å². The van der Waals surface area contributed by atoms with Crippen LogP contribution >= 0.6 is 0 Å². The van der Waals surface area contributed by atoms with Crippen molar-refractivity contribution in [2.24, 2.45) is 0 Å². The normalized spacial score (nSPS) is 11.4. The molecular formula is C24H23NO4. The number of benzene rings is 3. The highest BCUT2D eigenvalue weighted by Gasteiger charge is 2.19. The first-order valence-electron chi connectivity index (χ1n) is 9.36. The first kappa shape index (κ1) is 20.1. The van der Waals surface area contributed by atoms with Crippen molar-refractivity contribution >= 4 is 17.6 Å². The van der Waals surface area contributed by atoms with Crippen molar-refractivity contribution in [3.05, 3.63) is 95.6 Å². The maximum Gasteiger partial charge on any atom is 0.338 e. The number of rotatable bonds is 7. The fraction of sp³-hybridized carbons (Fsp3) is 0.167. The predicted molar refractivity (Wildman–Crippen MR) is 112 cm³/mol. The quantitative estimate of drug-likeness (QED) is 0.592. The van der Waals surface area contributed by atoms with Gasteiger partial charge >= 0.3 is 5.97 Å². The summed E-state index contributed by atoms with van der Waals surface area (Å²) in [6, 6.07) is 23.8. The van der Waals surface area contributed by atoms with Crippen LogP contribution in [0.1, 0.15) is 28.4 Å². The molecule has 0 fully saturated rings. The first-order valence-corrected chi connectivity index (χ1v) is 9.36. The number of para-hydroxylation sites is 1. The van der Waals surface area contributed by atoms with E-state index >= 15 is 0 Å².